The molecule has 0 aromatic heterocycles. The van der Waals surface area contributed by atoms with Crippen LogP contribution in [0.15, 0.2) is 30.3 Å². The largest absolute Gasteiger partial charge is 0.488 e. The van der Waals surface area contributed by atoms with Crippen molar-refractivity contribution in [2.75, 3.05) is 0 Å². The molecule has 0 unspecified atom stereocenters. The van der Waals surface area contributed by atoms with Gasteiger partial charge in [-0.3, -0.25) is 0 Å². The third-order valence-electron chi connectivity index (χ3n) is 3.22. The smallest absolute Gasteiger partial charge is 0.129 e. The minimum atomic E-state index is -0.373. The number of benzene rings is 2. The number of hydrogen-bond acceptors (Lipinski definition) is 2. The van der Waals surface area contributed by atoms with E-state index in [9.17, 15) is 4.39 Å². The van der Waals surface area contributed by atoms with Crippen LogP contribution in [0.4, 0.5) is 4.39 Å². The molecule has 2 aromatic carbocycles. The van der Waals surface area contributed by atoms with Crippen LogP contribution in [0, 0.1) is 31.0 Å². The molecule has 0 radical (unpaired) electrons. The molecule has 0 saturated carbocycles. The average Bonchev–Trinajstić information content (AvgIpc) is 2.47. The number of nitrogens with zero attached hydrogens (tertiary/aromatic N) is 1. The average molecular weight is 304 g/mol. The molecule has 108 valence electrons. The Labute approximate surface area is 128 Å². The van der Waals surface area contributed by atoms with Crippen molar-refractivity contribution in [3.8, 4) is 11.8 Å². The first-order valence-electron chi connectivity index (χ1n) is 6.52. The van der Waals surface area contributed by atoms with Crippen LogP contribution in [0.25, 0.3) is 0 Å². The van der Waals surface area contributed by atoms with Gasteiger partial charge in [-0.1, -0.05) is 12.1 Å². The predicted molar refractivity (Wildman–Crippen MR) is 80.9 cm³/mol. The minimum Gasteiger partial charge on any atom is -0.488 e. The minimum absolute atomic E-state index is 0.0866. The molecule has 0 spiro atoms. The van der Waals surface area contributed by atoms with Crippen LogP contribution in [-0.2, 0) is 12.5 Å². The Morgan fingerprint density at radius 1 is 1.19 bits per heavy atom. The second-order valence-corrected chi connectivity index (χ2v) is 5.17. The molecule has 0 bridgehead atoms. The Morgan fingerprint density at radius 2 is 1.86 bits per heavy atom. The zero-order valence-corrected chi connectivity index (χ0v) is 12.7. The summed E-state index contributed by atoms with van der Waals surface area (Å²) >= 11 is 5.83. The van der Waals surface area contributed by atoms with E-state index in [4.69, 9.17) is 21.6 Å². The van der Waals surface area contributed by atoms with Crippen LogP contribution in [-0.4, -0.2) is 0 Å². The summed E-state index contributed by atoms with van der Waals surface area (Å²) in [6.45, 7) is 3.95. The highest BCUT2D eigenvalue weighted by Crippen LogP contribution is 2.26. The number of hydrogen-bond donors (Lipinski definition) is 0. The molecule has 2 rings (SSSR count). The van der Waals surface area contributed by atoms with Gasteiger partial charge < -0.3 is 4.74 Å². The van der Waals surface area contributed by atoms with Gasteiger partial charge in [0.2, 0.25) is 0 Å². The van der Waals surface area contributed by atoms with Gasteiger partial charge in [-0.15, -0.1) is 11.6 Å². The lowest BCUT2D eigenvalue weighted by atomic mass is 10.1. The SMILES string of the molecule is Cc1cc(CCl)cc(C)c1OCc1cc(C#N)ccc1F. The van der Waals surface area contributed by atoms with E-state index in [2.05, 4.69) is 0 Å². The molecule has 2 aromatic rings. The topological polar surface area (TPSA) is 33.0 Å². The van der Waals surface area contributed by atoms with E-state index >= 15 is 0 Å². The lowest BCUT2D eigenvalue weighted by molar-refractivity contribution is 0.295. The van der Waals surface area contributed by atoms with E-state index in [1.165, 1.54) is 18.2 Å². The van der Waals surface area contributed by atoms with E-state index in [1.807, 2.05) is 32.0 Å². The fourth-order valence-electron chi connectivity index (χ4n) is 2.25. The van der Waals surface area contributed by atoms with Gasteiger partial charge in [-0.25, -0.2) is 4.39 Å². The molecule has 0 atom stereocenters. The van der Waals surface area contributed by atoms with E-state index in [0.29, 0.717) is 17.0 Å². The highest BCUT2D eigenvalue weighted by molar-refractivity contribution is 6.17. The van der Waals surface area contributed by atoms with Gasteiger partial charge in [0.25, 0.3) is 0 Å². The second kappa shape index (κ2) is 6.60. The van der Waals surface area contributed by atoms with Crippen LogP contribution < -0.4 is 4.74 Å². The summed E-state index contributed by atoms with van der Waals surface area (Å²) < 4.78 is 19.5. The number of alkyl halides is 1. The molecule has 2 nitrogen and oxygen atoms in total. The summed E-state index contributed by atoms with van der Waals surface area (Å²) in [5.41, 5.74) is 3.73. The molecule has 0 heterocycles. The van der Waals surface area contributed by atoms with Crippen molar-refractivity contribution < 1.29 is 9.13 Å². The molecule has 0 aliphatic heterocycles. The van der Waals surface area contributed by atoms with Crippen LogP contribution in [0.2, 0.25) is 0 Å². The standard InChI is InChI=1S/C17H15ClFNO/c1-11-5-14(8-18)6-12(2)17(11)21-10-15-7-13(9-20)3-4-16(15)19/h3-7H,8,10H2,1-2H3. The van der Waals surface area contributed by atoms with Crippen LogP contribution in [0.3, 0.4) is 0 Å². The zero-order chi connectivity index (χ0) is 15.4. The van der Waals surface area contributed by atoms with Crippen LogP contribution in [0.5, 0.6) is 5.75 Å². The summed E-state index contributed by atoms with van der Waals surface area (Å²) in [7, 11) is 0. The monoisotopic (exact) mass is 303 g/mol. The molecule has 4 heteroatoms. The molecule has 0 amide bonds. The Kier molecular flexibility index (Phi) is 4.82. The molecule has 0 aliphatic rings. The zero-order valence-electron chi connectivity index (χ0n) is 11.9. The number of ether oxygens (including phenoxy) is 1. The van der Waals surface area contributed by atoms with Gasteiger partial charge in [0, 0.05) is 11.4 Å². The number of nitriles is 1. The van der Waals surface area contributed by atoms with E-state index in [-0.39, 0.29) is 12.4 Å². The van der Waals surface area contributed by atoms with Crippen molar-refractivity contribution in [3.05, 3.63) is 64.0 Å². The third kappa shape index (κ3) is 3.53. The second-order valence-electron chi connectivity index (χ2n) is 4.90. The summed E-state index contributed by atoms with van der Waals surface area (Å²) in [6.07, 6.45) is 0. The first kappa shape index (κ1) is 15.3. The first-order valence-corrected chi connectivity index (χ1v) is 7.06. The molecule has 0 fully saturated rings. The van der Waals surface area contributed by atoms with Crippen molar-refractivity contribution in [1.29, 1.82) is 5.26 Å². The van der Waals surface area contributed by atoms with Crippen molar-refractivity contribution in [2.24, 2.45) is 0 Å². The fraction of sp³-hybridized carbons (Fsp3) is 0.235. The maximum atomic E-state index is 13.7. The molecular formula is C17H15ClFNO. The Hall–Kier alpha value is -2.05. The van der Waals surface area contributed by atoms with Gasteiger partial charge in [0.05, 0.1) is 11.6 Å². The summed E-state index contributed by atoms with van der Waals surface area (Å²) in [5, 5.41) is 8.86. The summed E-state index contributed by atoms with van der Waals surface area (Å²) in [5.74, 6) is 0.799. The van der Waals surface area contributed by atoms with Gasteiger partial charge in [0.15, 0.2) is 0 Å². The molecule has 21 heavy (non-hydrogen) atoms. The van der Waals surface area contributed by atoms with E-state index in [0.717, 1.165) is 22.4 Å². The van der Waals surface area contributed by atoms with Crippen LogP contribution in [0.1, 0.15) is 27.8 Å². The lowest BCUT2D eigenvalue weighted by Gasteiger charge is -2.14. The third-order valence-corrected chi connectivity index (χ3v) is 3.53. The quantitative estimate of drug-likeness (QED) is 0.771. The Morgan fingerprint density at radius 3 is 2.43 bits per heavy atom. The highest BCUT2D eigenvalue weighted by atomic mass is 35.5. The van der Waals surface area contributed by atoms with Crippen LogP contribution >= 0.6 is 11.6 Å². The highest BCUT2D eigenvalue weighted by Gasteiger charge is 2.09. The van der Waals surface area contributed by atoms with Crippen molar-refractivity contribution >= 4 is 11.6 Å². The normalized spacial score (nSPS) is 10.2. The summed E-state index contributed by atoms with van der Waals surface area (Å²) in [4.78, 5) is 0. The van der Waals surface area contributed by atoms with Crippen molar-refractivity contribution in [3.63, 3.8) is 0 Å². The number of aryl methyl sites for hydroxylation is 2. The summed E-state index contributed by atoms with van der Waals surface area (Å²) in [6, 6.07) is 10.1. The van der Waals surface area contributed by atoms with Crippen molar-refractivity contribution in [1.82, 2.24) is 0 Å². The first-order chi connectivity index (χ1) is 10.0. The lowest BCUT2D eigenvalue weighted by Crippen LogP contribution is -2.02. The molecular weight excluding hydrogens is 289 g/mol. The van der Waals surface area contributed by atoms with Crippen molar-refractivity contribution in [2.45, 2.75) is 26.3 Å². The van der Waals surface area contributed by atoms with E-state index < -0.39 is 0 Å². The van der Waals surface area contributed by atoms with Gasteiger partial charge in [-0.2, -0.15) is 5.26 Å². The number of rotatable bonds is 4. The van der Waals surface area contributed by atoms with Gasteiger partial charge >= 0.3 is 0 Å². The predicted octanol–water partition coefficient (Wildman–Crippen LogP) is 4.63. The fourth-order valence-corrected chi connectivity index (χ4v) is 2.40. The molecule has 0 N–H and O–H groups in total. The Bertz CT molecular complexity index is 683. The van der Waals surface area contributed by atoms with Gasteiger partial charge in [-0.05, 0) is 48.7 Å². The van der Waals surface area contributed by atoms with E-state index in [1.54, 1.807) is 0 Å². The molecule has 0 aliphatic carbocycles. The Balaban J connectivity index is 2.23. The number of halogens is 2. The maximum Gasteiger partial charge on any atom is 0.129 e. The van der Waals surface area contributed by atoms with Gasteiger partial charge in [0.1, 0.15) is 18.2 Å². The maximum absolute atomic E-state index is 13.7. The molecule has 0 saturated heterocycles.